The molecule has 2 amide bonds. The molecule has 0 spiro atoms. The molecule has 0 saturated carbocycles. The number of carbonyl (C=O) groups is 2. The Labute approximate surface area is 75.3 Å². The zero-order chi connectivity index (χ0) is 9.46. The molecule has 0 bridgehead atoms. The zero-order valence-electron chi connectivity index (χ0n) is 7.09. The number of amides is 2. The molecule has 5 heteroatoms. The third-order valence-corrected chi connectivity index (χ3v) is 2.07. The fourth-order valence-corrected chi connectivity index (χ4v) is 1.12. The van der Waals surface area contributed by atoms with Crippen molar-refractivity contribution in [3.63, 3.8) is 0 Å². The van der Waals surface area contributed by atoms with Gasteiger partial charge in [-0.3, -0.25) is 9.59 Å². The Morgan fingerprint density at radius 1 is 1.25 bits per heavy atom. The van der Waals surface area contributed by atoms with Crippen molar-refractivity contribution in [2.45, 2.75) is 6.92 Å². The van der Waals surface area contributed by atoms with Gasteiger partial charge in [0.2, 0.25) is 0 Å². The van der Waals surface area contributed by atoms with Crippen molar-refractivity contribution in [3.05, 3.63) is 10.6 Å². The maximum absolute atomic E-state index is 11.3. The normalized spacial score (nSPS) is 18.6. The molecule has 0 unspecified atom stereocenters. The number of hydrazine groups is 1. The average Bonchev–Trinajstić information content (AvgIpc) is 2.16. The minimum Gasteiger partial charge on any atom is -0.267 e. The summed E-state index contributed by atoms with van der Waals surface area (Å²) in [6.07, 6.45) is 0. The van der Waals surface area contributed by atoms with Gasteiger partial charge in [0.15, 0.2) is 0 Å². The van der Waals surface area contributed by atoms with Crippen molar-refractivity contribution < 1.29 is 9.59 Å². The molecule has 12 heavy (non-hydrogen) atoms. The van der Waals surface area contributed by atoms with Crippen LogP contribution in [0, 0.1) is 0 Å². The molecule has 0 N–H and O–H groups in total. The average molecular weight is 189 g/mol. The number of hydrogen-bond acceptors (Lipinski definition) is 3. The van der Waals surface area contributed by atoms with E-state index in [-0.39, 0.29) is 10.9 Å². The molecule has 0 fully saturated rings. The number of imide groups is 1. The SMILES string of the molecule is CC1=C(Cl)C(=O)N(N(C)C)C1=O. The van der Waals surface area contributed by atoms with Crippen LogP contribution in [0.1, 0.15) is 6.92 Å². The predicted molar refractivity (Wildman–Crippen MR) is 44.1 cm³/mol. The van der Waals surface area contributed by atoms with E-state index in [1.54, 1.807) is 14.1 Å². The number of halogens is 1. The van der Waals surface area contributed by atoms with Gasteiger partial charge in [-0.2, -0.15) is 0 Å². The summed E-state index contributed by atoms with van der Waals surface area (Å²) in [5.41, 5.74) is 0.301. The van der Waals surface area contributed by atoms with Crippen LogP contribution in [0.4, 0.5) is 0 Å². The van der Waals surface area contributed by atoms with E-state index in [0.717, 1.165) is 5.01 Å². The lowest BCUT2D eigenvalue weighted by Crippen LogP contribution is -2.42. The Balaban J connectivity index is 3.04. The van der Waals surface area contributed by atoms with Crippen LogP contribution in [0.3, 0.4) is 0 Å². The van der Waals surface area contributed by atoms with Crippen molar-refractivity contribution in [2.75, 3.05) is 14.1 Å². The maximum atomic E-state index is 11.3. The van der Waals surface area contributed by atoms with Crippen LogP contribution in [0.25, 0.3) is 0 Å². The van der Waals surface area contributed by atoms with E-state index in [1.807, 2.05) is 0 Å². The van der Waals surface area contributed by atoms with Crippen LogP contribution in [0.15, 0.2) is 10.6 Å². The van der Waals surface area contributed by atoms with Crippen molar-refractivity contribution in [3.8, 4) is 0 Å². The van der Waals surface area contributed by atoms with Crippen LogP contribution in [0.5, 0.6) is 0 Å². The molecule has 66 valence electrons. The topological polar surface area (TPSA) is 40.6 Å². The Morgan fingerprint density at radius 3 is 1.92 bits per heavy atom. The molecule has 0 radical (unpaired) electrons. The molecule has 0 aromatic carbocycles. The molecule has 1 aliphatic heterocycles. The smallest absolute Gasteiger partial charge is 0.267 e. The molecule has 0 atom stereocenters. The first kappa shape index (κ1) is 9.22. The molecule has 1 rings (SSSR count). The molecule has 1 heterocycles. The summed E-state index contributed by atoms with van der Waals surface area (Å²) in [6, 6.07) is 0. The Morgan fingerprint density at radius 2 is 1.75 bits per heavy atom. The highest BCUT2D eigenvalue weighted by atomic mass is 35.5. The van der Waals surface area contributed by atoms with Crippen molar-refractivity contribution in [2.24, 2.45) is 0 Å². The third-order valence-electron chi connectivity index (χ3n) is 1.62. The second-order valence-corrected chi connectivity index (χ2v) is 3.09. The summed E-state index contributed by atoms with van der Waals surface area (Å²) >= 11 is 5.59. The third kappa shape index (κ3) is 1.13. The van der Waals surface area contributed by atoms with Gasteiger partial charge in [0.25, 0.3) is 11.8 Å². The molecule has 0 saturated heterocycles. The standard InChI is InChI=1S/C7H9ClN2O2/c1-4-5(8)7(12)10(6(4)11)9(2)3/h1-3H3. The summed E-state index contributed by atoms with van der Waals surface area (Å²) in [5, 5.41) is 2.41. The molecule has 0 aliphatic carbocycles. The lowest BCUT2D eigenvalue weighted by Gasteiger charge is -2.21. The van der Waals surface area contributed by atoms with Crippen LogP contribution in [-0.4, -0.2) is 35.9 Å². The predicted octanol–water partition coefficient (Wildman–Crippen LogP) is 0.345. The van der Waals surface area contributed by atoms with Crippen LogP contribution in [0.2, 0.25) is 0 Å². The van der Waals surface area contributed by atoms with Crippen LogP contribution in [-0.2, 0) is 9.59 Å². The Bertz CT molecular complexity index is 259. The van der Waals surface area contributed by atoms with Gasteiger partial charge >= 0.3 is 0 Å². The number of rotatable bonds is 1. The van der Waals surface area contributed by atoms with E-state index in [2.05, 4.69) is 0 Å². The highest BCUT2D eigenvalue weighted by Crippen LogP contribution is 2.23. The fraction of sp³-hybridized carbons (Fsp3) is 0.429. The molecule has 0 aromatic rings. The Kier molecular flexibility index (Phi) is 2.21. The minimum absolute atomic E-state index is 0.00806. The van der Waals surface area contributed by atoms with Gasteiger partial charge in [0.1, 0.15) is 5.03 Å². The van der Waals surface area contributed by atoms with E-state index >= 15 is 0 Å². The van der Waals surface area contributed by atoms with Gasteiger partial charge in [0.05, 0.1) is 0 Å². The minimum atomic E-state index is -0.454. The molecule has 4 nitrogen and oxygen atoms in total. The quantitative estimate of drug-likeness (QED) is 0.558. The van der Waals surface area contributed by atoms with Crippen LogP contribution < -0.4 is 0 Å². The number of carbonyl (C=O) groups excluding carboxylic acids is 2. The van der Waals surface area contributed by atoms with Crippen LogP contribution >= 0.6 is 11.6 Å². The van der Waals surface area contributed by atoms with Crippen molar-refractivity contribution >= 4 is 23.4 Å². The van der Waals surface area contributed by atoms with E-state index in [9.17, 15) is 9.59 Å². The fourth-order valence-electron chi connectivity index (χ4n) is 0.962. The molecular formula is C7H9ClN2O2. The number of nitrogens with zero attached hydrogens (tertiary/aromatic N) is 2. The van der Waals surface area contributed by atoms with Gasteiger partial charge < -0.3 is 0 Å². The maximum Gasteiger partial charge on any atom is 0.287 e. The van der Waals surface area contributed by atoms with Crippen molar-refractivity contribution in [1.29, 1.82) is 0 Å². The second kappa shape index (κ2) is 2.88. The highest BCUT2D eigenvalue weighted by Gasteiger charge is 2.36. The first-order valence-corrected chi connectivity index (χ1v) is 3.77. The van der Waals surface area contributed by atoms with E-state index in [4.69, 9.17) is 11.6 Å². The van der Waals surface area contributed by atoms with Gasteiger partial charge in [-0.1, -0.05) is 11.6 Å². The molecule has 1 aliphatic rings. The van der Waals surface area contributed by atoms with Crippen molar-refractivity contribution in [1.82, 2.24) is 10.0 Å². The summed E-state index contributed by atoms with van der Waals surface area (Å²) in [6.45, 7) is 1.53. The van der Waals surface area contributed by atoms with Gasteiger partial charge in [-0.25, -0.2) is 10.0 Å². The first-order valence-electron chi connectivity index (χ1n) is 3.39. The Hall–Kier alpha value is -0.870. The zero-order valence-corrected chi connectivity index (χ0v) is 7.84. The summed E-state index contributed by atoms with van der Waals surface area (Å²) < 4.78 is 0. The first-order chi connectivity index (χ1) is 5.46. The summed E-state index contributed by atoms with van der Waals surface area (Å²) in [4.78, 5) is 22.5. The number of hydrogen-bond donors (Lipinski definition) is 0. The largest absolute Gasteiger partial charge is 0.287 e. The van der Waals surface area contributed by atoms with Gasteiger partial charge in [-0.05, 0) is 6.92 Å². The van der Waals surface area contributed by atoms with Gasteiger partial charge in [-0.15, -0.1) is 0 Å². The van der Waals surface area contributed by atoms with Gasteiger partial charge in [0, 0.05) is 19.7 Å². The highest BCUT2D eigenvalue weighted by molar-refractivity contribution is 6.47. The van der Waals surface area contributed by atoms with E-state index in [0.29, 0.717) is 5.57 Å². The lowest BCUT2D eigenvalue weighted by atomic mass is 10.3. The monoisotopic (exact) mass is 188 g/mol. The lowest BCUT2D eigenvalue weighted by molar-refractivity contribution is -0.151. The second-order valence-electron chi connectivity index (χ2n) is 2.71. The molecular weight excluding hydrogens is 180 g/mol. The summed E-state index contributed by atoms with van der Waals surface area (Å²) in [7, 11) is 3.22. The summed E-state index contributed by atoms with van der Waals surface area (Å²) in [5.74, 6) is -0.806. The van der Waals surface area contributed by atoms with E-state index < -0.39 is 5.91 Å². The molecule has 0 aromatic heterocycles. The van der Waals surface area contributed by atoms with E-state index in [1.165, 1.54) is 11.9 Å².